The van der Waals surface area contributed by atoms with Gasteiger partial charge in [0.1, 0.15) is 23.9 Å². The molecule has 1 unspecified atom stereocenters. The average molecular weight is 367 g/mol. The topological polar surface area (TPSA) is 76.4 Å². The van der Waals surface area contributed by atoms with E-state index >= 15 is 0 Å². The predicted molar refractivity (Wildman–Crippen MR) is 99.7 cm³/mol. The van der Waals surface area contributed by atoms with Gasteiger partial charge in [0.25, 0.3) is 5.91 Å². The Balaban J connectivity index is 1.26. The molecule has 1 amide bonds. The number of para-hydroxylation sites is 1. The van der Waals surface area contributed by atoms with Gasteiger partial charge in [0, 0.05) is 25.1 Å². The minimum absolute atomic E-state index is 0.0467. The first-order valence-electron chi connectivity index (χ1n) is 9.91. The summed E-state index contributed by atoms with van der Waals surface area (Å²) in [6.07, 6.45) is 7.30. The fourth-order valence-electron chi connectivity index (χ4n) is 4.62. The highest BCUT2D eigenvalue weighted by molar-refractivity contribution is 5.92. The summed E-state index contributed by atoms with van der Waals surface area (Å²) < 4.78 is 7.82. The van der Waals surface area contributed by atoms with Crippen LogP contribution in [0.2, 0.25) is 0 Å². The molecule has 2 atom stereocenters. The molecule has 6 nitrogen and oxygen atoms in total. The summed E-state index contributed by atoms with van der Waals surface area (Å²) in [5, 5.41) is 13.7. The van der Waals surface area contributed by atoms with Gasteiger partial charge < -0.3 is 19.7 Å². The Bertz CT molecular complexity index is 871. The second kappa shape index (κ2) is 6.37. The van der Waals surface area contributed by atoms with Crippen LogP contribution in [0.5, 0.6) is 5.75 Å². The quantitative estimate of drug-likeness (QED) is 0.871. The number of benzene rings is 1. The first-order chi connectivity index (χ1) is 13.1. The van der Waals surface area contributed by atoms with Crippen molar-refractivity contribution >= 4 is 5.91 Å². The Morgan fingerprint density at radius 1 is 1.33 bits per heavy atom. The fraction of sp³-hybridized carbons (Fsp3) is 0.524. The summed E-state index contributed by atoms with van der Waals surface area (Å²) in [6.45, 7) is 1.23. The van der Waals surface area contributed by atoms with Gasteiger partial charge in [-0.2, -0.15) is 0 Å². The number of aliphatic hydroxyl groups is 1. The molecule has 5 rings (SSSR count). The van der Waals surface area contributed by atoms with Gasteiger partial charge in [0.15, 0.2) is 0 Å². The van der Waals surface area contributed by atoms with Crippen molar-refractivity contribution in [1.29, 1.82) is 0 Å². The van der Waals surface area contributed by atoms with Crippen molar-refractivity contribution in [3.05, 3.63) is 47.5 Å². The maximum atomic E-state index is 12.7. The van der Waals surface area contributed by atoms with Gasteiger partial charge in [-0.3, -0.25) is 4.79 Å². The van der Waals surface area contributed by atoms with Crippen molar-refractivity contribution in [3.63, 3.8) is 0 Å². The van der Waals surface area contributed by atoms with Gasteiger partial charge in [0.05, 0.1) is 11.6 Å². The number of fused-ring (bicyclic) bond motifs is 2. The SMILES string of the molecule is O=C(N[C@H]1COc2ccccc2C1)c1cn2c(n1)CCC(C1(O)CCC1)C2. The van der Waals surface area contributed by atoms with Crippen molar-refractivity contribution in [1.82, 2.24) is 14.9 Å². The molecule has 27 heavy (non-hydrogen) atoms. The number of imidazole rings is 1. The number of aromatic nitrogens is 2. The summed E-state index contributed by atoms with van der Waals surface area (Å²) in [6, 6.07) is 7.90. The van der Waals surface area contributed by atoms with Crippen LogP contribution < -0.4 is 10.1 Å². The maximum absolute atomic E-state index is 12.7. The largest absolute Gasteiger partial charge is 0.491 e. The normalized spacial score (nSPS) is 25.5. The number of nitrogens with one attached hydrogen (secondary N) is 1. The molecule has 2 aliphatic heterocycles. The van der Waals surface area contributed by atoms with Crippen LogP contribution in [0.15, 0.2) is 30.5 Å². The number of hydrogen-bond acceptors (Lipinski definition) is 4. The van der Waals surface area contributed by atoms with E-state index < -0.39 is 5.60 Å². The number of carbonyl (C=O) groups excluding carboxylic acids is 1. The lowest BCUT2D eigenvalue weighted by Crippen LogP contribution is -2.47. The van der Waals surface area contributed by atoms with E-state index in [1.807, 2.05) is 30.5 Å². The van der Waals surface area contributed by atoms with Crippen LogP contribution in [-0.2, 0) is 19.4 Å². The zero-order valence-electron chi connectivity index (χ0n) is 15.4. The average Bonchev–Trinajstić information content (AvgIpc) is 3.09. The van der Waals surface area contributed by atoms with E-state index in [0.29, 0.717) is 12.3 Å². The van der Waals surface area contributed by atoms with E-state index in [1.54, 1.807) is 0 Å². The molecule has 3 heterocycles. The van der Waals surface area contributed by atoms with Crippen molar-refractivity contribution < 1.29 is 14.6 Å². The molecule has 0 radical (unpaired) electrons. The van der Waals surface area contributed by atoms with Crippen molar-refractivity contribution in [3.8, 4) is 5.75 Å². The van der Waals surface area contributed by atoms with Crippen LogP contribution >= 0.6 is 0 Å². The number of amides is 1. The number of hydrogen-bond donors (Lipinski definition) is 2. The number of aryl methyl sites for hydroxylation is 1. The number of carbonyl (C=O) groups is 1. The number of nitrogens with zero attached hydrogens (tertiary/aromatic N) is 2. The zero-order valence-corrected chi connectivity index (χ0v) is 15.4. The Morgan fingerprint density at radius 3 is 3.00 bits per heavy atom. The molecule has 1 aromatic heterocycles. The molecule has 1 aliphatic carbocycles. The highest BCUT2D eigenvalue weighted by atomic mass is 16.5. The number of ether oxygens (including phenoxy) is 1. The van der Waals surface area contributed by atoms with Crippen molar-refractivity contribution in [2.45, 2.75) is 56.7 Å². The molecule has 6 heteroatoms. The lowest BCUT2D eigenvalue weighted by Gasteiger charge is -2.45. The molecule has 2 N–H and O–H groups in total. The molecule has 0 spiro atoms. The van der Waals surface area contributed by atoms with Gasteiger partial charge in [-0.25, -0.2) is 4.98 Å². The third-order valence-corrected chi connectivity index (χ3v) is 6.42. The highest BCUT2D eigenvalue weighted by Crippen LogP contribution is 2.42. The molecule has 1 aromatic carbocycles. The van der Waals surface area contributed by atoms with Crippen LogP contribution in [0.1, 0.15) is 47.6 Å². The summed E-state index contributed by atoms with van der Waals surface area (Å²) in [5.41, 5.74) is 1.08. The molecule has 142 valence electrons. The minimum Gasteiger partial charge on any atom is -0.491 e. The molecular formula is C21H25N3O3. The third-order valence-electron chi connectivity index (χ3n) is 6.42. The summed E-state index contributed by atoms with van der Waals surface area (Å²) in [7, 11) is 0. The zero-order chi connectivity index (χ0) is 18.4. The molecule has 1 saturated carbocycles. The van der Waals surface area contributed by atoms with E-state index in [9.17, 15) is 9.90 Å². The summed E-state index contributed by atoms with van der Waals surface area (Å²) in [4.78, 5) is 17.2. The monoisotopic (exact) mass is 367 g/mol. The molecule has 2 aromatic rings. The smallest absolute Gasteiger partial charge is 0.271 e. The Labute approximate surface area is 158 Å². The van der Waals surface area contributed by atoms with Gasteiger partial charge in [-0.05, 0) is 43.7 Å². The third kappa shape index (κ3) is 3.02. The first-order valence-corrected chi connectivity index (χ1v) is 9.91. The van der Waals surface area contributed by atoms with Crippen LogP contribution in [0, 0.1) is 5.92 Å². The van der Waals surface area contributed by atoms with E-state index in [-0.39, 0.29) is 17.9 Å². The molecular weight excluding hydrogens is 342 g/mol. The summed E-state index contributed by atoms with van der Waals surface area (Å²) in [5.74, 6) is 1.97. The van der Waals surface area contributed by atoms with Crippen LogP contribution in [0.3, 0.4) is 0 Å². The molecule has 0 bridgehead atoms. The van der Waals surface area contributed by atoms with Gasteiger partial charge in [-0.1, -0.05) is 18.2 Å². The lowest BCUT2D eigenvalue weighted by atomic mass is 9.69. The van der Waals surface area contributed by atoms with Gasteiger partial charge >= 0.3 is 0 Å². The van der Waals surface area contributed by atoms with Gasteiger partial charge in [-0.15, -0.1) is 0 Å². The van der Waals surface area contributed by atoms with Crippen LogP contribution in [-0.4, -0.2) is 38.8 Å². The first kappa shape index (κ1) is 16.8. The van der Waals surface area contributed by atoms with Crippen LogP contribution in [0.25, 0.3) is 0 Å². The van der Waals surface area contributed by atoms with E-state index in [0.717, 1.165) is 62.2 Å². The highest BCUT2D eigenvalue weighted by Gasteiger charge is 2.43. The summed E-state index contributed by atoms with van der Waals surface area (Å²) >= 11 is 0. The van der Waals surface area contributed by atoms with Crippen molar-refractivity contribution in [2.75, 3.05) is 6.61 Å². The van der Waals surface area contributed by atoms with E-state index in [1.165, 1.54) is 0 Å². The second-order valence-electron chi connectivity index (χ2n) is 8.18. The Hall–Kier alpha value is -2.34. The predicted octanol–water partition coefficient (Wildman–Crippen LogP) is 2.09. The van der Waals surface area contributed by atoms with Gasteiger partial charge in [0.2, 0.25) is 0 Å². The standard InChI is InChI=1S/C21H25N3O3/c25-20(22-16-10-14-4-1-2-5-18(14)27-13-16)17-12-24-11-15(6-7-19(24)23-17)21(26)8-3-9-21/h1-2,4-5,12,15-16,26H,3,6-11,13H2,(H,22,25)/t15?,16-/m1/s1. The van der Waals surface area contributed by atoms with E-state index in [4.69, 9.17) is 4.74 Å². The lowest BCUT2D eigenvalue weighted by molar-refractivity contribution is -0.0942. The van der Waals surface area contributed by atoms with Crippen LogP contribution in [0.4, 0.5) is 0 Å². The number of rotatable bonds is 3. The van der Waals surface area contributed by atoms with Crippen molar-refractivity contribution in [2.24, 2.45) is 5.92 Å². The fourth-order valence-corrected chi connectivity index (χ4v) is 4.62. The molecule has 3 aliphatic rings. The maximum Gasteiger partial charge on any atom is 0.271 e. The van der Waals surface area contributed by atoms with E-state index in [2.05, 4.69) is 14.9 Å². The Morgan fingerprint density at radius 2 is 2.19 bits per heavy atom. The Kier molecular flexibility index (Phi) is 3.97. The second-order valence-corrected chi connectivity index (χ2v) is 8.18. The minimum atomic E-state index is -0.503. The molecule has 0 saturated heterocycles. The molecule has 1 fully saturated rings.